The highest BCUT2D eigenvalue weighted by atomic mass is 16.3. The molecule has 4 rings (SSSR count). The van der Waals surface area contributed by atoms with Crippen LogP contribution in [0.25, 0.3) is 10.9 Å². The molecule has 0 saturated carbocycles. The molecule has 0 saturated heterocycles. The Morgan fingerprint density at radius 2 is 1.67 bits per heavy atom. The van der Waals surface area contributed by atoms with Gasteiger partial charge in [0.05, 0.1) is 18.4 Å². The molecule has 0 atom stereocenters. The molecule has 0 spiro atoms. The van der Waals surface area contributed by atoms with Crippen molar-refractivity contribution in [1.29, 1.82) is 0 Å². The molecule has 2 heterocycles. The molecule has 0 aliphatic carbocycles. The molecule has 0 N–H and O–H groups in total. The normalized spacial score (nSPS) is 11.0. The average Bonchev–Trinajstić information content (AvgIpc) is 3.36. The quantitative estimate of drug-likeness (QED) is 0.452. The molecule has 2 aromatic carbocycles. The lowest BCUT2D eigenvalue weighted by Gasteiger charge is -2.05. The third-order valence-electron chi connectivity index (χ3n) is 4.66. The topological polar surface area (TPSA) is 52.2 Å². The summed E-state index contributed by atoms with van der Waals surface area (Å²) in [6.45, 7) is 0.249. The van der Waals surface area contributed by atoms with Crippen molar-refractivity contribution < 1.29 is 14.0 Å². The Labute approximate surface area is 157 Å². The first-order chi connectivity index (χ1) is 13.2. The Morgan fingerprint density at radius 1 is 0.889 bits per heavy atom. The zero-order chi connectivity index (χ0) is 18.6. The van der Waals surface area contributed by atoms with Crippen molar-refractivity contribution in [2.45, 2.75) is 19.4 Å². The summed E-state index contributed by atoms with van der Waals surface area (Å²) < 4.78 is 7.11. The van der Waals surface area contributed by atoms with Gasteiger partial charge in [0.2, 0.25) is 5.78 Å². The third kappa shape index (κ3) is 3.60. The number of carbonyl (C=O) groups excluding carboxylic acids is 2. The summed E-state index contributed by atoms with van der Waals surface area (Å²) in [5, 5.41) is 0.828. The van der Waals surface area contributed by atoms with Gasteiger partial charge in [0.1, 0.15) is 0 Å². The van der Waals surface area contributed by atoms with Crippen LogP contribution in [-0.2, 0) is 17.8 Å². The number of nitrogens with zero attached hydrogens (tertiary/aromatic N) is 1. The molecule has 0 unspecified atom stereocenters. The van der Waals surface area contributed by atoms with Crippen molar-refractivity contribution in [3.05, 3.63) is 96.1 Å². The highest BCUT2D eigenvalue weighted by Gasteiger charge is 2.19. The minimum atomic E-state index is -0.174. The molecule has 0 radical (unpaired) electrons. The number of fused-ring (bicyclic) bond motifs is 1. The lowest BCUT2D eigenvalue weighted by Crippen LogP contribution is -2.10. The lowest BCUT2D eigenvalue weighted by molar-refractivity contribution is -0.119. The molecule has 0 bridgehead atoms. The predicted octanol–water partition coefficient (Wildman–Crippen LogP) is 4.67. The van der Waals surface area contributed by atoms with E-state index in [4.69, 9.17) is 4.42 Å². The van der Waals surface area contributed by atoms with Crippen molar-refractivity contribution in [2.75, 3.05) is 0 Å². The van der Waals surface area contributed by atoms with E-state index in [9.17, 15) is 9.59 Å². The number of aryl methyl sites for hydroxylation is 1. The molecule has 0 fully saturated rings. The van der Waals surface area contributed by atoms with Gasteiger partial charge in [-0.2, -0.15) is 0 Å². The molecule has 0 amide bonds. The number of ketones is 2. The van der Waals surface area contributed by atoms with Crippen LogP contribution in [0.3, 0.4) is 0 Å². The van der Waals surface area contributed by atoms with Crippen LogP contribution in [0, 0.1) is 0 Å². The molecule has 2 aromatic heterocycles. The van der Waals surface area contributed by atoms with Crippen LogP contribution >= 0.6 is 0 Å². The summed E-state index contributed by atoms with van der Waals surface area (Å²) in [6, 6.07) is 21.0. The summed E-state index contributed by atoms with van der Waals surface area (Å²) in [5.41, 5.74) is 2.58. The zero-order valence-electron chi connectivity index (χ0n) is 14.8. The van der Waals surface area contributed by atoms with Gasteiger partial charge in [-0.05, 0) is 30.2 Å². The fourth-order valence-corrected chi connectivity index (χ4v) is 3.30. The summed E-state index contributed by atoms with van der Waals surface area (Å²) >= 11 is 0. The first-order valence-electron chi connectivity index (χ1n) is 8.94. The molecule has 134 valence electrons. The summed E-state index contributed by atoms with van der Waals surface area (Å²) in [6.07, 6.45) is 4.44. The van der Waals surface area contributed by atoms with Gasteiger partial charge in [0.15, 0.2) is 11.5 Å². The van der Waals surface area contributed by atoms with Gasteiger partial charge in [-0.25, -0.2) is 0 Å². The van der Waals surface area contributed by atoms with Crippen molar-refractivity contribution in [2.24, 2.45) is 0 Å². The van der Waals surface area contributed by atoms with Gasteiger partial charge in [0.25, 0.3) is 0 Å². The second-order valence-electron chi connectivity index (χ2n) is 6.52. The Kier molecular flexibility index (Phi) is 4.71. The third-order valence-corrected chi connectivity index (χ3v) is 4.66. The number of hydrogen-bond donors (Lipinski definition) is 0. The number of benzene rings is 2. The first kappa shape index (κ1) is 17.0. The van der Waals surface area contributed by atoms with Crippen LogP contribution in [0.2, 0.25) is 0 Å². The van der Waals surface area contributed by atoms with Crippen LogP contribution in [0.1, 0.15) is 28.1 Å². The molecular formula is C23H19NO3. The average molecular weight is 357 g/mol. The Balaban J connectivity index is 1.57. The number of para-hydroxylation sites is 1. The van der Waals surface area contributed by atoms with E-state index in [1.165, 1.54) is 6.26 Å². The van der Waals surface area contributed by atoms with E-state index >= 15 is 0 Å². The maximum Gasteiger partial charge on any atom is 0.230 e. The highest BCUT2D eigenvalue weighted by Crippen LogP contribution is 2.24. The van der Waals surface area contributed by atoms with Gasteiger partial charge < -0.3 is 8.98 Å². The molecular weight excluding hydrogens is 338 g/mol. The second kappa shape index (κ2) is 7.46. The van der Waals surface area contributed by atoms with Crippen LogP contribution in [0.15, 0.2) is 83.6 Å². The van der Waals surface area contributed by atoms with Crippen molar-refractivity contribution >= 4 is 22.5 Å². The standard InChI is InChI=1S/C23H19NO3/c25-18(13-12-17-7-2-1-3-8-17)15-24-16-20(19-9-4-5-10-21(19)24)23(26)22-11-6-14-27-22/h1-11,14,16H,12-13,15H2. The van der Waals surface area contributed by atoms with E-state index in [1.54, 1.807) is 18.3 Å². The minimum Gasteiger partial charge on any atom is -0.461 e. The number of carbonyl (C=O) groups is 2. The molecule has 4 aromatic rings. The van der Waals surface area contributed by atoms with Gasteiger partial charge in [-0.1, -0.05) is 48.5 Å². The largest absolute Gasteiger partial charge is 0.461 e. The summed E-state index contributed by atoms with van der Waals surface area (Å²) in [7, 11) is 0. The number of rotatable bonds is 7. The minimum absolute atomic E-state index is 0.136. The first-order valence-corrected chi connectivity index (χ1v) is 8.94. The number of aromatic nitrogens is 1. The molecule has 4 nitrogen and oxygen atoms in total. The van der Waals surface area contributed by atoms with Crippen LogP contribution < -0.4 is 0 Å². The Hall–Kier alpha value is -3.40. The van der Waals surface area contributed by atoms with E-state index in [0.717, 1.165) is 22.9 Å². The van der Waals surface area contributed by atoms with E-state index in [0.29, 0.717) is 17.7 Å². The monoisotopic (exact) mass is 357 g/mol. The number of furan rings is 1. The van der Waals surface area contributed by atoms with Gasteiger partial charge in [-0.15, -0.1) is 0 Å². The maximum absolute atomic E-state index is 12.7. The van der Waals surface area contributed by atoms with Crippen molar-refractivity contribution in [3.8, 4) is 0 Å². The van der Waals surface area contributed by atoms with E-state index in [2.05, 4.69) is 0 Å². The predicted molar refractivity (Wildman–Crippen MR) is 104 cm³/mol. The molecule has 0 aliphatic heterocycles. The van der Waals surface area contributed by atoms with Crippen LogP contribution in [-0.4, -0.2) is 16.1 Å². The van der Waals surface area contributed by atoms with E-state index in [1.807, 2.05) is 59.2 Å². The number of hydrogen-bond acceptors (Lipinski definition) is 3. The second-order valence-corrected chi connectivity index (χ2v) is 6.52. The van der Waals surface area contributed by atoms with Crippen LogP contribution in [0.5, 0.6) is 0 Å². The Bertz CT molecular complexity index is 1080. The Morgan fingerprint density at radius 3 is 2.44 bits per heavy atom. The fourth-order valence-electron chi connectivity index (χ4n) is 3.30. The smallest absolute Gasteiger partial charge is 0.230 e. The SMILES string of the molecule is O=C(CCc1ccccc1)Cn1cc(C(=O)c2ccco2)c2ccccc21. The molecule has 0 aliphatic rings. The summed E-state index contributed by atoms with van der Waals surface area (Å²) in [5.74, 6) is 0.261. The number of Topliss-reactive ketones (excluding diaryl/α,β-unsaturated/α-hetero) is 1. The maximum atomic E-state index is 12.7. The highest BCUT2D eigenvalue weighted by molar-refractivity contribution is 6.15. The van der Waals surface area contributed by atoms with Gasteiger partial charge >= 0.3 is 0 Å². The molecule has 4 heteroatoms. The van der Waals surface area contributed by atoms with E-state index in [-0.39, 0.29) is 18.1 Å². The van der Waals surface area contributed by atoms with Gasteiger partial charge in [-0.3, -0.25) is 9.59 Å². The van der Waals surface area contributed by atoms with Gasteiger partial charge in [0, 0.05) is 23.5 Å². The lowest BCUT2D eigenvalue weighted by atomic mass is 10.1. The van der Waals surface area contributed by atoms with E-state index < -0.39 is 0 Å². The molecule has 27 heavy (non-hydrogen) atoms. The van der Waals surface area contributed by atoms with Crippen LogP contribution in [0.4, 0.5) is 0 Å². The fraction of sp³-hybridized carbons (Fsp3) is 0.130. The zero-order valence-corrected chi connectivity index (χ0v) is 14.8. The summed E-state index contributed by atoms with van der Waals surface area (Å²) in [4.78, 5) is 25.3. The van der Waals surface area contributed by atoms with Crippen molar-refractivity contribution in [1.82, 2.24) is 4.57 Å². The van der Waals surface area contributed by atoms with Crippen molar-refractivity contribution in [3.63, 3.8) is 0 Å².